The molecule has 0 bridgehead atoms. The molecule has 2 heterocycles. The van der Waals surface area contributed by atoms with Gasteiger partial charge in [0.05, 0.1) is 6.26 Å². The molecule has 4 rings (SSSR count). The maximum Gasteiger partial charge on any atom is 0.251 e. The molecule has 180 valence electrons. The summed E-state index contributed by atoms with van der Waals surface area (Å²) in [7, 11) is 0. The predicted molar refractivity (Wildman–Crippen MR) is 126 cm³/mol. The molecule has 0 spiro atoms. The van der Waals surface area contributed by atoms with Crippen LogP contribution in [0.1, 0.15) is 32.6 Å². The summed E-state index contributed by atoms with van der Waals surface area (Å²) in [5.41, 5.74) is 0.523. The Hall–Kier alpha value is -4.34. The van der Waals surface area contributed by atoms with Gasteiger partial charge in [0.25, 0.3) is 11.8 Å². The van der Waals surface area contributed by atoms with Gasteiger partial charge in [-0.25, -0.2) is 4.39 Å². The number of halogens is 1. The summed E-state index contributed by atoms with van der Waals surface area (Å²) in [6.45, 7) is 5.28. The first-order valence-electron chi connectivity index (χ1n) is 11.0. The molecule has 0 fully saturated rings. The first kappa shape index (κ1) is 23.8. The zero-order chi connectivity index (χ0) is 25.0. The van der Waals surface area contributed by atoms with E-state index in [-0.39, 0.29) is 18.2 Å². The van der Waals surface area contributed by atoms with Gasteiger partial charge in [0.1, 0.15) is 18.1 Å². The highest BCUT2D eigenvalue weighted by molar-refractivity contribution is 6.01. The predicted octanol–water partition coefficient (Wildman–Crippen LogP) is 3.76. The second kappa shape index (κ2) is 9.88. The van der Waals surface area contributed by atoms with E-state index in [2.05, 4.69) is 20.7 Å². The van der Waals surface area contributed by atoms with E-state index in [1.54, 1.807) is 36.4 Å². The van der Waals surface area contributed by atoms with Gasteiger partial charge in [-0.2, -0.15) is 4.80 Å². The fourth-order valence-corrected chi connectivity index (χ4v) is 3.51. The average Bonchev–Trinajstić information content (AvgIpc) is 3.49. The maximum atomic E-state index is 13.6. The number of nitrogens with one attached hydrogen (secondary N) is 1. The number of aromatic nitrogens is 4. The third-order valence-electron chi connectivity index (χ3n) is 4.95. The molecule has 0 aliphatic heterocycles. The van der Waals surface area contributed by atoms with Gasteiger partial charge in [-0.1, -0.05) is 18.2 Å². The van der Waals surface area contributed by atoms with Crippen LogP contribution in [0.25, 0.3) is 11.4 Å². The molecule has 2 aromatic heterocycles. The molecule has 2 amide bonds. The normalized spacial score (nSPS) is 12.2. The van der Waals surface area contributed by atoms with Crippen molar-refractivity contribution in [2.75, 3.05) is 4.90 Å². The highest BCUT2D eigenvalue weighted by Gasteiger charge is 2.36. The number of tetrazole rings is 1. The molecule has 0 aliphatic carbocycles. The van der Waals surface area contributed by atoms with Gasteiger partial charge in [0.15, 0.2) is 6.04 Å². The number of carbonyl (C=O) groups excluding carboxylic acids is 2. The van der Waals surface area contributed by atoms with Gasteiger partial charge in [-0.3, -0.25) is 14.5 Å². The Morgan fingerprint density at radius 2 is 1.77 bits per heavy atom. The molecule has 4 aromatic rings. The first-order valence-corrected chi connectivity index (χ1v) is 11.0. The van der Waals surface area contributed by atoms with E-state index in [0.717, 1.165) is 4.80 Å². The Balaban J connectivity index is 1.67. The van der Waals surface area contributed by atoms with E-state index < -0.39 is 23.4 Å². The topological polar surface area (TPSA) is 106 Å². The van der Waals surface area contributed by atoms with Crippen LogP contribution < -0.4 is 10.2 Å². The number of furan rings is 1. The Labute approximate surface area is 201 Å². The van der Waals surface area contributed by atoms with E-state index in [1.165, 1.54) is 35.4 Å². The molecular weight excluding hydrogens is 451 g/mol. The molecule has 0 saturated carbocycles. The van der Waals surface area contributed by atoms with Crippen LogP contribution in [0.4, 0.5) is 10.1 Å². The number of anilines is 1. The Morgan fingerprint density at radius 1 is 1.06 bits per heavy atom. The summed E-state index contributed by atoms with van der Waals surface area (Å²) in [6.07, 6.45) is 1.45. The van der Waals surface area contributed by atoms with Crippen LogP contribution in [0, 0.1) is 5.82 Å². The van der Waals surface area contributed by atoms with Gasteiger partial charge >= 0.3 is 0 Å². The van der Waals surface area contributed by atoms with Crippen molar-refractivity contribution in [3.05, 3.63) is 84.6 Å². The molecule has 0 saturated heterocycles. The van der Waals surface area contributed by atoms with E-state index in [4.69, 9.17) is 4.42 Å². The minimum atomic E-state index is -1.07. The van der Waals surface area contributed by atoms with Crippen LogP contribution in [0.3, 0.4) is 0 Å². The lowest BCUT2D eigenvalue weighted by Crippen LogP contribution is -2.50. The van der Waals surface area contributed by atoms with Crippen LogP contribution in [0.5, 0.6) is 0 Å². The van der Waals surface area contributed by atoms with Crippen molar-refractivity contribution in [2.24, 2.45) is 0 Å². The van der Waals surface area contributed by atoms with Gasteiger partial charge in [-0.15, -0.1) is 10.2 Å². The van der Waals surface area contributed by atoms with Crippen molar-refractivity contribution in [1.82, 2.24) is 25.5 Å². The second-order valence-corrected chi connectivity index (χ2v) is 8.91. The Kier molecular flexibility index (Phi) is 6.72. The number of amides is 2. The molecule has 35 heavy (non-hydrogen) atoms. The molecule has 1 N–H and O–H groups in total. The van der Waals surface area contributed by atoms with Crippen LogP contribution in [-0.4, -0.2) is 37.6 Å². The number of hydrogen-bond acceptors (Lipinski definition) is 6. The van der Waals surface area contributed by atoms with Crippen molar-refractivity contribution in [2.45, 2.75) is 38.9 Å². The number of carbonyl (C=O) groups is 2. The molecule has 0 aliphatic rings. The second-order valence-electron chi connectivity index (χ2n) is 8.91. The van der Waals surface area contributed by atoms with E-state index in [9.17, 15) is 14.0 Å². The summed E-state index contributed by atoms with van der Waals surface area (Å²) in [5, 5.41) is 15.1. The van der Waals surface area contributed by atoms with Crippen molar-refractivity contribution in [1.29, 1.82) is 0 Å². The highest BCUT2D eigenvalue weighted by atomic mass is 19.1. The molecule has 9 nitrogen and oxygen atoms in total. The van der Waals surface area contributed by atoms with Gasteiger partial charge in [-0.05, 0) is 74.5 Å². The summed E-state index contributed by atoms with van der Waals surface area (Å²) >= 11 is 0. The first-order chi connectivity index (χ1) is 16.7. The standard InChI is InChI=1S/C25H25FN6O3/c1-25(2,3)27-24(34)22(20-10-7-15-35-20)32(19-8-5-4-6-9-19)21(33)16-31-29-23(28-30-31)17-11-13-18(26)14-12-17/h4-15,22H,16H2,1-3H3,(H,27,34)/t22-/m1/s1. The SMILES string of the molecule is CC(C)(C)NC(=O)[C@@H](c1ccco1)N(C(=O)Cn1nnc(-c2ccc(F)cc2)n1)c1ccccc1. The smallest absolute Gasteiger partial charge is 0.251 e. The van der Waals surface area contributed by atoms with E-state index >= 15 is 0 Å². The zero-order valence-electron chi connectivity index (χ0n) is 19.6. The van der Waals surface area contributed by atoms with Gasteiger partial charge in [0, 0.05) is 16.8 Å². The summed E-state index contributed by atoms with van der Waals surface area (Å²) in [4.78, 5) is 29.5. The fraction of sp³-hybridized carbons (Fsp3) is 0.240. The van der Waals surface area contributed by atoms with Gasteiger partial charge < -0.3 is 9.73 Å². The van der Waals surface area contributed by atoms with Crippen LogP contribution in [0.2, 0.25) is 0 Å². The minimum absolute atomic E-state index is 0.247. The van der Waals surface area contributed by atoms with Gasteiger partial charge in [0.2, 0.25) is 5.82 Å². The Morgan fingerprint density at radius 3 is 2.40 bits per heavy atom. The molecular formula is C25H25FN6O3. The monoisotopic (exact) mass is 476 g/mol. The lowest BCUT2D eigenvalue weighted by molar-refractivity contribution is -0.128. The highest BCUT2D eigenvalue weighted by Crippen LogP contribution is 2.29. The number of rotatable bonds is 7. The van der Waals surface area contributed by atoms with Crippen molar-refractivity contribution >= 4 is 17.5 Å². The zero-order valence-corrected chi connectivity index (χ0v) is 19.6. The van der Waals surface area contributed by atoms with Crippen molar-refractivity contribution < 1.29 is 18.4 Å². The molecule has 1 atom stereocenters. The van der Waals surface area contributed by atoms with Crippen LogP contribution >= 0.6 is 0 Å². The number of benzene rings is 2. The lowest BCUT2D eigenvalue weighted by Gasteiger charge is -2.32. The maximum absolute atomic E-state index is 13.6. The largest absolute Gasteiger partial charge is 0.467 e. The molecule has 10 heteroatoms. The van der Waals surface area contributed by atoms with E-state index in [0.29, 0.717) is 17.0 Å². The van der Waals surface area contributed by atoms with E-state index in [1.807, 2.05) is 26.8 Å². The Bertz CT molecular complexity index is 1280. The molecule has 0 radical (unpaired) electrons. The summed E-state index contributed by atoms with van der Waals surface area (Å²) in [5.74, 6) is -0.681. The third-order valence-corrected chi connectivity index (χ3v) is 4.95. The third kappa shape index (κ3) is 5.78. The fourth-order valence-electron chi connectivity index (χ4n) is 3.51. The molecule has 2 aromatic carbocycles. The lowest BCUT2D eigenvalue weighted by atomic mass is 10.1. The number of para-hydroxylation sites is 1. The van der Waals surface area contributed by atoms with Crippen LogP contribution in [0.15, 0.2) is 77.4 Å². The average molecular weight is 477 g/mol. The van der Waals surface area contributed by atoms with Crippen LogP contribution in [-0.2, 0) is 16.1 Å². The molecule has 0 unspecified atom stereocenters. The van der Waals surface area contributed by atoms with Crippen molar-refractivity contribution in [3.8, 4) is 11.4 Å². The number of nitrogens with zero attached hydrogens (tertiary/aromatic N) is 5. The summed E-state index contributed by atoms with van der Waals surface area (Å²) < 4.78 is 18.8. The minimum Gasteiger partial charge on any atom is -0.467 e. The quantitative estimate of drug-likeness (QED) is 0.435. The number of hydrogen-bond donors (Lipinski definition) is 1. The summed E-state index contributed by atoms with van der Waals surface area (Å²) in [6, 6.07) is 16.7. The van der Waals surface area contributed by atoms with Crippen molar-refractivity contribution in [3.63, 3.8) is 0 Å².